The van der Waals surface area contributed by atoms with Crippen LogP contribution in [0.1, 0.15) is 37.3 Å². The Bertz CT molecular complexity index is 514. The lowest BCUT2D eigenvalue weighted by Crippen LogP contribution is -2.36. The van der Waals surface area contributed by atoms with Crippen LogP contribution in [0.15, 0.2) is 24.8 Å². The van der Waals surface area contributed by atoms with Crippen molar-refractivity contribution in [2.24, 2.45) is 0 Å². The normalized spacial score (nSPS) is 11.9. The van der Waals surface area contributed by atoms with E-state index >= 15 is 0 Å². The summed E-state index contributed by atoms with van der Waals surface area (Å²) in [6.45, 7) is 6.11. The Morgan fingerprint density at radius 1 is 1.50 bits per heavy atom. The lowest BCUT2D eigenvalue weighted by molar-refractivity contribution is -0.139. The predicted octanol–water partition coefficient (Wildman–Crippen LogP) is 2.86. The number of carboxylic acid groups (broad SMARTS) is 1. The minimum Gasteiger partial charge on any atom is -0.504 e. The van der Waals surface area contributed by atoms with Crippen molar-refractivity contribution < 1.29 is 19.7 Å². The van der Waals surface area contributed by atoms with E-state index in [9.17, 15) is 15.0 Å². The molecule has 3 N–H and O–H groups in total. The molecule has 5 nitrogen and oxygen atoms in total. The van der Waals surface area contributed by atoms with Crippen LogP contribution in [-0.2, 0) is 17.8 Å². The molecule has 0 fully saturated rings. The number of aromatic hydroxyl groups is 1. The van der Waals surface area contributed by atoms with Gasteiger partial charge in [0.1, 0.15) is 6.04 Å². The average Bonchev–Trinajstić information content (AvgIpc) is 2.49. The molecule has 0 heterocycles. The van der Waals surface area contributed by atoms with Gasteiger partial charge in [-0.05, 0) is 24.5 Å². The first kappa shape index (κ1) is 18.0. The summed E-state index contributed by atoms with van der Waals surface area (Å²) in [6.07, 6.45) is 4.65. The zero-order valence-corrected chi connectivity index (χ0v) is 13.3. The van der Waals surface area contributed by atoms with Gasteiger partial charge in [-0.3, -0.25) is 4.79 Å². The molecule has 0 aliphatic heterocycles. The fraction of sp³-hybridized carbons (Fsp3) is 0.471. The summed E-state index contributed by atoms with van der Waals surface area (Å²) in [7, 11) is 1.49. The van der Waals surface area contributed by atoms with Crippen molar-refractivity contribution in [2.75, 3.05) is 7.11 Å². The third-order valence-electron chi connectivity index (χ3n) is 3.49. The Morgan fingerprint density at radius 2 is 2.23 bits per heavy atom. The molecule has 0 aliphatic rings. The molecule has 22 heavy (non-hydrogen) atoms. The molecule has 0 bridgehead atoms. The van der Waals surface area contributed by atoms with E-state index in [1.54, 1.807) is 12.1 Å². The van der Waals surface area contributed by atoms with Crippen molar-refractivity contribution >= 4 is 5.97 Å². The van der Waals surface area contributed by atoms with Crippen LogP contribution in [-0.4, -0.2) is 29.3 Å². The van der Waals surface area contributed by atoms with E-state index in [0.717, 1.165) is 18.4 Å². The van der Waals surface area contributed by atoms with Gasteiger partial charge in [0.25, 0.3) is 0 Å². The molecule has 0 saturated carbocycles. The van der Waals surface area contributed by atoms with Crippen LogP contribution >= 0.6 is 0 Å². The highest BCUT2D eigenvalue weighted by Crippen LogP contribution is 2.32. The Morgan fingerprint density at radius 3 is 2.77 bits per heavy atom. The minimum atomic E-state index is -0.842. The summed E-state index contributed by atoms with van der Waals surface area (Å²) in [5, 5.41) is 22.3. The van der Waals surface area contributed by atoms with Crippen LogP contribution < -0.4 is 10.1 Å². The lowest BCUT2D eigenvalue weighted by Gasteiger charge is -2.16. The first-order valence-electron chi connectivity index (χ1n) is 7.49. The quantitative estimate of drug-likeness (QED) is 0.579. The van der Waals surface area contributed by atoms with Gasteiger partial charge in [-0.15, -0.1) is 6.58 Å². The van der Waals surface area contributed by atoms with Gasteiger partial charge < -0.3 is 20.3 Å². The second kappa shape index (κ2) is 9.10. The fourth-order valence-electron chi connectivity index (χ4n) is 2.26. The lowest BCUT2D eigenvalue weighted by atomic mass is 10.0. The molecule has 122 valence electrons. The number of hydrogen-bond acceptors (Lipinski definition) is 4. The summed E-state index contributed by atoms with van der Waals surface area (Å²) >= 11 is 0. The Labute approximate surface area is 131 Å². The molecular formula is C17H25NO4. The monoisotopic (exact) mass is 307 g/mol. The maximum atomic E-state index is 11.2. The molecule has 0 aromatic heterocycles. The van der Waals surface area contributed by atoms with Crippen molar-refractivity contribution in [3.63, 3.8) is 0 Å². The molecule has 0 amide bonds. The van der Waals surface area contributed by atoms with Crippen LogP contribution in [0.4, 0.5) is 0 Å². The maximum absolute atomic E-state index is 11.2. The summed E-state index contributed by atoms with van der Waals surface area (Å²) in [5.41, 5.74) is 1.58. The number of phenolic OH excluding ortho intramolecular Hbond substituents is 1. The molecule has 0 saturated heterocycles. The largest absolute Gasteiger partial charge is 0.504 e. The van der Waals surface area contributed by atoms with Crippen molar-refractivity contribution in [1.29, 1.82) is 0 Å². The van der Waals surface area contributed by atoms with Crippen molar-refractivity contribution in [3.8, 4) is 11.5 Å². The number of phenols is 1. The minimum absolute atomic E-state index is 0.104. The molecule has 5 heteroatoms. The highest BCUT2D eigenvalue weighted by molar-refractivity contribution is 5.73. The van der Waals surface area contributed by atoms with Crippen LogP contribution in [0.25, 0.3) is 0 Å². The highest BCUT2D eigenvalue weighted by atomic mass is 16.5. The SMILES string of the molecule is C=CCc1cc(CN[C@@H](CCCC)C(=O)O)cc(OC)c1O. The molecule has 1 aromatic carbocycles. The Balaban J connectivity index is 2.85. The molecule has 1 aromatic rings. The first-order chi connectivity index (χ1) is 10.5. The zero-order chi connectivity index (χ0) is 16.5. The van der Waals surface area contributed by atoms with E-state index in [4.69, 9.17) is 4.74 Å². The number of allylic oxidation sites excluding steroid dienone is 1. The van der Waals surface area contributed by atoms with Crippen LogP contribution in [0.2, 0.25) is 0 Å². The molecule has 0 radical (unpaired) electrons. The predicted molar refractivity (Wildman–Crippen MR) is 86.3 cm³/mol. The molecule has 0 aliphatic carbocycles. The number of benzene rings is 1. The number of unbranched alkanes of at least 4 members (excludes halogenated alkanes) is 1. The van der Waals surface area contributed by atoms with Gasteiger partial charge in [-0.2, -0.15) is 0 Å². The van der Waals surface area contributed by atoms with Gasteiger partial charge in [0, 0.05) is 12.1 Å². The van der Waals surface area contributed by atoms with E-state index in [2.05, 4.69) is 11.9 Å². The Kier molecular flexibility index (Phi) is 7.46. The number of carbonyl (C=O) groups is 1. The smallest absolute Gasteiger partial charge is 0.320 e. The first-order valence-corrected chi connectivity index (χ1v) is 7.49. The van der Waals surface area contributed by atoms with Gasteiger partial charge in [-0.25, -0.2) is 0 Å². The number of rotatable bonds is 10. The van der Waals surface area contributed by atoms with E-state index in [-0.39, 0.29) is 5.75 Å². The number of aliphatic carboxylic acids is 1. The number of carboxylic acids is 1. The van der Waals surface area contributed by atoms with Crippen LogP contribution in [0, 0.1) is 0 Å². The zero-order valence-electron chi connectivity index (χ0n) is 13.3. The third-order valence-corrected chi connectivity index (χ3v) is 3.49. The molecule has 0 spiro atoms. The number of methoxy groups -OCH3 is 1. The molecule has 0 unspecified atom stereocenters. The summed E-state index contributed by atoms with van der Waals surface area (Å²) in [6, 6.07) is 2.99. The summed E-state index contributed by atoms with van der Waals surface area (Å²) in [4.78, 5) is 11.2. The second-order valence-electron chi connectivity index (χ2n) is 5.21. The van der Waals surface area contributed by atoms with Gasteiger partial charge in [0.05, 0.1) is 7.11 Å². The highest BCUT2D eigenvalue weighted by Gasteiger charge is 2.17. The third kappa shape index (κ3) is 5.07. The van der Waals surface area contributed by atoms with Gasteiger partial charge in [-0.1, -0.05) is 31.9 Å². The Hall–Kier alpha value is -2.01. The fourth-order valence-corrected chi connectivity index (χ4v) is 2.26. The van der Waals surface area contributed by atoms with Crippen molar-refractivity contribution in [2.45, 2.75) is 45.2 Å². The topological polar surface area (TPSA) is 78.8 Å². The maximum Gasteiger partial charge on any atom is 0.320 e. The van der Waals surface area contributed by atoms with E-state index in [1.165, 1.54) is 7.11 Å². The van der Waals surface area contributed by atoms with Gasteiger partial charge in [0.15, 0.2) is 11.5 Å². The van der Waals surface area contributed by atoms with E-state index < -0.39 is 12.0 Å². The summed E-state index contributed by atoms with van der Waals surface area (Å²) in [5.74, 6) is -0.353. The number of hydrogen-bond donors (Lipinski definition) is 3. The van der Waals surface area contributed by atoms with Crippen molar-refractivity contribution in [1.82, 2.24) is 5.32 Å². The van der Waals surface area contributed by atoms with Crippen LogP contribution in [0.3, 0.4) is 0 Å². The molecule has 1 rings (SSSR count). The summed E-state index contributed by atoms with van der Waals surface area (Å²) < 4.78 is 5.16. The van der Waals surface area contributed by atoms with Gasteiger partial charge >= 0.3 is 5.97 Å². The molecule has 1 atom stereocenters. The molecular weight excluding hydrogens is 282 g/mol. The standard InChI is InChI=1S/C17H25NO4/c1-4-6-8-14(17(20)21)18-11-12-9-13(7-5-2)16(19)15(10-12)22-3/h5,9-10,14,18-19H,2,4,6-8,11H2,1,3H3,(H,20,21)/t14-/m0/s1. The number of ether oxygens (including phenoxy) is 1. The van der Waals surface area contributed by atoms with E-state index in [0.29, 0.717) is 30.7 Å². The second-order valence-corrected chi connectivity index (χ2v) is 5.21. The van der Waals surface area contributed by atoms with Crippen molar-refractivity contribution in [3.05, 3.63) is 35.9 Å². The average molecular weight is 307 g/mol. The van der Waals surface area contributed by atoms with Crippen LogP contribution in [0.5, 0.6) is 11.5 Å². The number of nitrogens with one attached hydrogen (secondary N) is 1. The van der Waals surface area contributed by atoms with Gasteiger partial charge in [0.2, 0.25) is 0 Å². The van der Waals surface area contributed by atoms with E-state index in [1.807, 2.05) is 13.0 Å².